The molecule has 120 valence electrons. The van der Waals surface area contributed by atoms with Gasteiger partial charge in [-0.2, -0.15) is 0 Å². The van der Waals surface area contributed by atoms with Gasteiger partial charge in [0.05, 0.1) is 12.1 Å². The highest BCUT2D eigenvalue weighted by atomic mass is 19.1. The van der Waals surface area contributed by atoms with Crippen LogP contribution in [0.4, 0.5) is 4.39 Å². The highest BCUT2D eigenvalue weighted by Crippen LogP contribution is 2.50. The number of nitrogens with one attached hydrogen (secondary N) is 1. The molecular weight excluding hydrogens is 293 g/mol. The van der Waals surface area contributed by atoms with Crippen LogP contribution in [0.25, 0.3) is 16.5 Å². The van der Waals surface area contributed by atoms with Gasteiger partial charge in [0.25, 0.3) is 0 Å². The first kappa shape index (κ1) is 14.5. The van der Waals surface area contributed by atoms with Crippen molar-refractivity contribution in [3.63, 3.8) is 0 Å². The lowest BCUT2D eigenvalue weighted by Crippen LogP contribution is -2.35. The molecule has 0 saturated heterocycles. The van der Waals surface area contributed by atoms with Crippen LogP contribution in [0, 0.1) is 11.2 Å². The summed E-state index contributed by atoms with van der Waals surface area (Å²) in [6, 6.07) is 4.73. The smallest absolute Gasteiger partial charge is 0.328 e. The number of allylic oxidation sites excluding steroid dienone is 2. The zero-order valence-corrected chi connectivity index (χ0v) is 13.9. The molecule has 0 radical (unpaired) electrons. The fraction of sp³-hybridized carbons (Fsp3) is 0.421. The fourth-order valence-electron chi connectivity index (χ4n) is 3.90. The van der Waals surface area contributed by atoms with E-state index in [2.05, 4.69) is 18.8 Å². The van der Waals surface area contributed by atoms with Crippen molar-refractivity contribution in [3.05, 3.63) is 41.0 Å². The first-order valence-corrected chi connectivity index (χ1v) is 7.97. The summed E-state index contributed by atoms with van der Waals surface area (Å²) in [5.41, 5.74) is 2.79. The molecule has 4 rings (SSSR count). The Morgan fingerprint density at radius 3 is 2.65 bits per heavy atom. The van der Waals surface area contributed by atoms with Crippen LogP contribution in [-0.2, 0) is 10.3 Å². The molecule has 1 aliphatic heterocycles. The number of benzene rings is 1. The van der Waals surface area contributed by atoms with Crippen LogP contribution in [0.3, 0.4) is 0 Å². The Bertz CT molecular complexity index is 886. The molecule has 0 saturated carbocycles. The van der Waals surface area contributed by atoms with Gasteiger partial charge in [0.2, 0.25) is 0 Å². The third-order valence-electron chi connectivity index (χ3n) is 4.84. The van der Waals surface area contributed by atoms with E-state index in [0.29, 0.717) is 12.2 Å². The Morgan fingerprint density at radius 1 is 1.17 bits per heavy atom. The molecule has 2 aliphatic rings. The van der Waals surface area contributed by atoms with Crippen LogP contribution in [0.2, 0.25) is 0 Å². The minimum Gasteiger partial charge on any atom is -0.485 e. The lowest BCUT2D eigenvalue weighted by atomic mass is 9.73. The van der Waals surface area contributed by atoms with E-state index >= 15 is 0 Å². The van der Waals surface area contributed by atoms with Crippen molar-refractivity contribution in [2.45, 2.75) is 46.1 Å². The summed E-state index contributed by atoms with van der Waals surface area (Å²) in [7, 11) is 0. The van der Waals surface area contributed by atoms with Crippen molar-refractivity contribution in [1.29, 1.82) is 0 Å². The summed E-state index contributed by atoms with van der Waals surface area (Å²) in [5, 5.41) is 0.927. The van der Waals surface area contributed by atoms with E-state index in [4.69, 9.17) is 4.74 Å². The zero-order valence-electron chi connectivity index (χ0n) is 13.9. The number of halogens is 1. The molecule has 0 fully saturated rings. The summed E-state index contributed by atoms with van der Waals surface area (Å²) < 4.78 is 19.8. The van der Waals surface area contributed by atoms with E-state index in [1.165, 1.54) is 12.1 Å². The van der Waals surface area contributed by atoms with Gasteiger partial charge in [-0.15, -0.1) is 0 Å². The Kier molecular flexibility index (Phi) is 2.68. The second-order valence-electron chi connectivity index (χ2n) is 7.94. The van der Waals surface area contributed by atoms with Crippen LogP contribution in [0.5, 0.6) is 0 Å². The number of aromatic nitrogens is 1. The van der Waals surface area contributed by atoms with E-state index in [1.807, 2.05) is 13.8 Å². The van der Waals surface area contributed by atoms with Crippen molar-refractivity contribution < 1.29 is 13.9 Å². The lowest BCUT2D eigenvalue weighted by molar-refractivity contribution is 0.0115. The predicted molar refractivity (Wildman–Crippen MR) is 89.2 cm³/mol. The molecule has 0 spiro atoms. The number of hydrogen-bond acceptors (Lipinski definition) is 1. The molecule has 0 amide bonds. The number of hydrogen-bond donors (Lipinski definition) is 1. The lowest BCUT2D eigenvalue weighted by Gasteiger charge is -2.38. The van der Waals surface area contributed by atoms with E-state index in [0.717, 1.165) is 39.9 Å². The first-order valence-electron chi connectivity index (χ1n) is 7.97. The van der Waals surface area contributed by atoms with E-state index in [-0.39, 0.29) is 11.2 Å². The third-order valence-corrected chi connectivity index (χ3v) is 4.84. The second-order valence-corrected chi connectivity index (χ2v) is 7.94. The molecule has 2 aromatic rings. The molecule has 2 heterocycles. The second kappa shape index (κ2) is 4.25. The Balaban J connectivity index is 2.06. The molecule has 0 bridgehead atoms. The van der Waals surface area contributed by atoms with Crippen molar-refractivity contribution in [2.24, 2.45) is 5.41 Å². The molecule has 1 aliphatic carbocycles. The third kappa shape index (κ3) is 2.04. The average molecular weight is 314 g/mol. The van der Waals surface area contributed by atoms with Gasteiger partial charge in [0, 0.05) is 22.9 Å². The Hall–Kier alpha value is -2.10. The standard InChI is InChI=1S/C19H20FNO2/c1-18(2)8-13(22)16-14(9-18)23-19(3,4)17-15(16)11-6-5-10(20)7-12(11)21-17/h5-7,21H,8-9H2,1-4H3/p+1. The van der Waals surface area contributed by atoms with Crippen molar-refractivity contribution in [1.82, 2.24) is 4.98 Å². The van der Waals surface area contributed by atoms with Gasteiger partial charge in [-0.3, -0.25) is 4.79 Å². The molecule has 1 aromatic heterocycles. The number of fused-ring (bicyclic) bond motifs is 4. The summed E-state index contributed by atoms with van der Waals surface area (Å²) in [6.07, 6.45) is 1.39. The van der Waals surface area contributed by atoms with Crippen LogP contribution < -0.4 is 0 Å². The van der Waals surface area contributed by atoms with Crippen molar-refractivity contribution in [3.8, 4) is 0 Å². The summed E-state index contributed by atoms with van der Waals surface area (Å²) in [6.45, 7) is 8.26. The van der Waals surface area contributed by atoms with E-state index < -0.39 is 5.60 Å². The average Bonchev–Trinajstić information content (AvgIpc) is 2.75. The molecule has 3 nitrogen and oxygen atoms in total. The van der Waals surface area contributed by atoms with Gasteiger partial charge in [0.1, 0.15) is 22.8 Å². The number of carbonyl (C=O) groups excluding carboxylic acids is 1. The molecular formula is C19H21FNO2+. The van der Waals surface area contributed by atoms with E-state index in [1.54, 1.807) is 6.07 Å². The summed E-state index contributed by atoms with van der Waals surface area (Å²) in [4.78, 5) is 14.0. The molecule has 0 unspecified atom stereocenters. The zero-order chi connectivity index (χ0) is 16.6. The fourth-order valence-corrected chi connectivity index (χ4v) is 3.90. The summed E-state index contributed by atoms with van der Waals surface area (Å²) in [5.74, 6) is 0.918. The van der Waals surface area contributed by atoms with Crippen LogP contribution >= 0.6 is 0 Å². The summed E-state index contributed by atoms with van der Waals surface area (Å²) >= 11 is 0. The highest BCUT2D eigenvalue weighted by molar-refractivity contribution is 6.26. The Labute approximate surface area is 134 Å². The van der Waals surface area contributed by atoms with Crippen LogP contribution in [0.15, 0.2) is 24.0 Å². The van der Waals surface area contributed by atoms with Crippen LogP contribution in [-0.4, -0.2) is 15.6 Å². The molecule has 2 N–H and O–H groups in total. The van der Waals surface area contributed by atoms with Crippen molar-refractivity contribution in [2.75, 3.05) is 0 Å². The largest absolute Gasteiger partial charge is 0.485 e. The minimum atomic E-state index is -0.544. The monoisotopic (exact) mass is 314 g/mol. The maximum absolute atomic E-state index is 13.6. The number of aromatic amines is 1. The van der Waals surface area contributed by atoms with Crippen LogP contribution in [0.1, 0.15) is 51.8 Å². The quantitative estimate of drug-likeness (QED) is 0.707. The predicted octanol–water partition coefficient (Wildman–Crippen LogP) is 4.65. The molecule has 23 heavy (non-hydrogen) atoms. The van der Waals surface area contributed by atoms with Gasteiger partial charge in [0.15, 0.2) is 0 Å². The van der Waals surface area contributed by atoms with Gasteiger partial charge in [-0.25, -0.2) is 4.39 Å². The van der Waals surface area contributed by atoms with Crippen molar-refractivity contribution >= 4 is 22.3 Å². The first-order chi connectivity index (χ1) is 10.7. The number of ketones is 1. The normalized spacial score (nSPS) is 21.9. The number of rotatable bonds is 0. The Morgan fingerprint density at radius 2 is 1.91 bits per heavy atom. The van der Waals surface area contributed by atoms with Gasteiger partial charge in [-0.05, 0) is 37.5 Å². The topological polar surface area (TPSA) is 46.4 Å². The van der Waals surface area contributed by atoms with Gasteiger partial charge < -0.3 is 9.72 Å². The van der Waals surface area contributed by atoms with Gasteiger partial charge in [-0.1, -0.05) is 13.8 Å². The minimum absolute atomic E-state index is 0.0330. The van der Waals surface area contributed by atoms with E-state index in [9.17, 15) is 9.18 Å². The number of H-pyrrole nitrogens is 1. The van der Waals surface area contributed by atoms with Gasteiger partial charge >= 0.3 is 5.78 Å². The maximum atomic E-state index is 13.6. The molecule has 1 aromatic carbocycles. The SMILES string of the molecule is CC1(C)CC(=[OH+])C2=C(C1)OC(C)(C)c1[nH]c3cc(F)ccc3c12. The molecule has 0 atom stereocenters. The highest BCUT2D eigenvalue weighted by Gasteiger charge is 2.46. The molecule has 4 heteroatoms. The maximum Gasteiger partial charge on any atom is 0.328 e. The number of ether oxygens (including phenoxy) is 1.